The summed E-state index contributed by atoms with van der Waals surface area (Å²) >= 11 is 0. The molecule has 116 valence electrons. The highest BCUT2D eigenvalue weighted by atomic mass is 16.4. The number of nitrogens with zero attached hydrogens (tertiary/aromatic N) is 1. The van der Waals surface area contributed by atoms with Gasteiger partial charge >= 0.3 is 6.09 Å². The van der Waals surface area contributed by atoms with Crippen molar-refractivity contribution in [2.45, 2.75) is 38.1 Å². The van der Waals surface area contributed by atoms with E-state index < -0.39 is 11.5 Å². The molecule has 1 spiro atoms. The number of ketones is 2. The summed E-state index contributed by atoms with van der Waals surface area (Å²) in [7, 11) is 0. The molecule has 22 heavy (non-hydrogen) atoms. The number of carbonyl (C=O) groups excluding carboxylic acids is 2. The average Bonchev–Trinajstić information content (AvgIpc) is 2.77. The topological polar surface area (TPSA) is 74.7 Å². The van der Waals surface area contributed by atoms with Gasteiger partial charge in [-0.3, -0.25) is 9.59 Å². The number of Topliss-reactive ketones (excluding diaryl/α,β-unsaturated/α-hetero) is 2. The fraction of sp³-hybridized carbons (Fsp3) is 0.471. The van der Waals surface area contributed by atoms with Crippen LogP contribution in [-0.4, -0.2) is 40.3 Å². The van der Waals surface area contributed by atoms with Gasteiger partial charge in [-0.1, -0.05) is 30.3 Å². The number of hydrogen-bond donors (Lipinski definition) is 1. The number of carbonyl (C=O) groups is 3. The van der Waals surface area contributed by atoms with E-state index in [1.807, 2.05) is 30.3 Å². The standard InChI is InChI=1S/C17H19NO4/c19-14-6-7-15(20)17(14)8-9-18(16(21)22)13(11-17)10-12-4-2-1-3-5-12/h1-5,13H,6-11H2,(H,21,22). The molecule has 1 heterocycles. The van der Waals surface area contributed by atoms with Crippen molar-refractivity contribution in [3.05, 3.63) is 35.9 Å². The summed E-state index contributed by atoms with van der Waals surface area (Å²) in [4.78, 5) is 37.4. The van der Waals surface area contributed by atoms with Crippen LogP contribution in [0.4, 0.5) is 4.79 Å². The van der Waals surface area contributed by atoms with Crippen LogP contribution in [0.5, 0.6) is 0 Å². The van der Waals surface area contributed by atoms with Gasteiger partial charge < -0.3 is 10.0 Å². The first-order valence-corrected chi connectivity index (χ1v) is 7.63. The summed E-state index contributed by atoms with van der Waals surface area (Å²) in [6, 6.07) is 9.29. The van der Waals surface area contributed by atoms with E-state index in [-0.39, 0.29) is 24.2 Å². The van der Waals surface area contributed by atoms with Crippen LogP contribution in [0.15, 0.2) is 30.3 Å². The second-order valence-electron chi connectivity index (χ2n) is 6.20. The minimum absolute atomic E-state index is 0.000556. The van der Waals surface area contributed by atoms with Crippen molar-refractivity contribution in [3.8, 4) is 0 Å². The maximum absolute atomic E-state index is 12.2. The lowest BCUT2D eigenvalue weighted by Crippen LogP contribution is -2.53. The van der Waals surface area contributed by atoms with Gasteiger partial charge in [0.1, 0.15) is 11.6 Å². The van der Waals surface area contributed by atoms with E-state index in [9.17, 15) is 19.5 Å². The van der Waals surface area contributed by atoms with Crippen LogP contribution in [0.25, 0.3) is 0 Å². The maximum atomic E-state index is 12.2. The number of amides is 1. The fourth-order valence-corrected chi connectivity index (χ4v) is 3.80. The molecule has 2 fully saturated rings. The highest BCUT2D eigenvalue weighted by Crippen LogP contribution is 2.43. The second-order valence-corrected chi connectivity index (χ2v) is 6.20. The van der Waals surface area contributed by atoms with E-state index in [4.69, 9.17) is 0 Å². The van der Waals surface area contributed by atoms with Crippen molar-refractivity contribution in [1.29, 1.82) is 0 Å². The predicted octanol–water partition coefficient (Wildman–Crippen LogP) is 2.29. The quantitative estimate of drug-likeness (QED) is 0.850. The molecule has 1 unspecified atom stereocenters. The molecule has 2 aliphatic rings. The molecule has 0 bridgehead atoms. The Labute approximate surface area is 128 Å². The number of benzene rings is 1. The van der Waals surface area contributed by atoms with Gasteiger partial charge in [-0.15, -0.1) is 0 Å². The van der Waals surface area contributed by atoms with Crippen LogP contribution in [0.1, 0.15) is 31.2 Å². The summed E-state index contributed by atoms with van der Waals surface area (Å²) < 4.78 is 0. The van der Waals surface area contributed by atoms with Crippen LogP contribution in [0, 0.1) is 5.41 Å². The lowest BCUT2D eigenvalue weighted by atomic mass is 9.71. The first-order valence-electron chi connectivity index (χ1n) is 7.63. The summed E-state index contributed by atoms with van der Waals surface area (Å²) in [5.74, 6) is 0.00111. The highest BCUT2D eigenvalue weighted by molar-refractivity contribution is 6.13. The number of carboxylic acid groups (broad SMARTS) is 1. The third kappa shape index (κ3) is 2.40. The van der Waals surface area contributed by atoms with Gasteiger partial charge in [-0.2, -0.15) is 0 Å². The smallest absolute Gasteiger partial charge is 0.407 e. The minimum atomic E-state index is -0.978. The molecule has 1 atom stereocenters. The Balaban J connectivity index is 1.87. The van der Waals surface area contributed by atoms with E-state index in [0.29, 0.717) is 32.1 Å². The zero-order valence-electron chi connectivity index (χ0n) is 12.3. The van der Waals surface area contributed by atoms with E-state index >= 15 is 0 Å². The van der Waals surface area contributed by atoms with E-state index in [0.717, 1.165) is 5.56 Å². The molecule has 1 saturated carbocycles. The van der Waals surface area contributed by atoms with E-state index in [1.165, 1.54) is 4.90 Å². The summed E-state index contributed by atoms with van der Waals surface area (Å²) in [5.41, 5.74) is 0.0967. The Morgan fingerprint density at radius 1 is 1.18 bits per heavy atom. The van der Waals surface area contributed by atoms with Gasteiger partial charge in [0.25, 0.3) is 0 Å². The lowest BCUT2D eigenvalue weighted by molar-refractivity contribution is -0.139. The van der Waals surface area contributed by atoms with Crippen molar-refractivity contribution in [2.24, 2.45) is 5.41 Å². The molecule has 1 aromatic rings. The monoisotopic (exact) mass is 301 g/mol. The summed E-state index contributed by atoms with van der Waals surface area (Å²) in [6.45, 7) is 0.254. The van der Waals surface area contributed by atoms with Crippen molar-refractivity contribution < 1.29 is 19.5 Å². The molecule has 0 radical (unpaired) electrons. The molecule has 5 heteroatoms. The van der Waals surface area contributed by atoms with E-state index in [2.05, 4.69) is 0 Å². The molecule has 1 amide bonds. The molecule has 1 N–H and O–H groups in total. The summed E-state index contributed by atoms with van der Waals surface area (Å²) in [6.07, 6.45) is 0.839. The Morgan fingerprint density at radius 3 is 2.41 bits per heavy atom. The largest absolute Gasteiger partial charge is 0.465 e. The Hall–Kier alpha value is -2.17. The molecular formula is C17H19NO4. The van der Waals surface area contributed by atoms with Crippen LogP contribution in [0.3, 0.4) is 0 Å². The zero-order chi connectivity index (χ0) is 15.7. The summed E-state index contributed by atoms with van der Waals surface area (Å²) in [5, 5.41) is 9.41. The highest BCUT2D eigenvalue weighted by Gasteiger charge is 2.53. The van der Waals surface area contributed by atoms with E-state index in [1.54, 1.807) is 0 Å². The number of piperidine rings is 1. The fourth-order valence-electron chi connectivity index (χ4n) is 3.80. The molecular weight excluding hydrogens is 282 g/mol. The Kier molecular flexibility index (Phi) is 3.72. The van der Waals surface area contributed by atoms with Crippen LogP contribution >= 0.6 is 0 Å². The van der Waals surface area contributed by atoms with Crippen LogP contribution < -0.4 is 0 Å². The first kappa shape index (κ1) is 14.8. The van der Waals surface area contributed by atoms with Gasteiger partial charge in [0.05, 0.1) is 5.41 Å². The normalized spacial score (nSPS) is 24.0. The van der Waals surface area contributed by atoms with Gasteiger partial charge in [0, 0.05) is 25.4 Å². The van der Waals surface area contributed by atoms with Gasteiger partial charge in [0.2, 0.25) is 0 Å². The number of hydrogen-bond acceptors (Lipinski definition) is 3. The Morgan fingerprint density at radius 2 is 1.82 bits per heavy atom. The van der Waals surface area contributed by atoms with Crippen molar-refractivity contribution in [1.82, 2.24) is 4.90 Å². The Bertz CT molecular complexity index is 594. The maximum Gasteiger partial charge on any atom is 0.407 e. The van der Waals surface area contributed by atoms with Crippen LogP contribution in [0.2, 0.25) is 0 Å². The predicted molar refractivity (Wildman–Crippen MR) is 79.6 cm³/mol. The number of likely N-dealkylation sites (tertiary alicyclic amines) is 1. The second kappa shape index (κ2) is 5.55. The minimum Gasteiger partial charge on any atom is -0.465 e. The van der Waals surface area contributed by atoms with Gasteiger partial charge in [-0.25, -0.2) is 4.79 Å². The number of rotatable bonds is 2. The van der Waals surface area contributed by atoms with Crippen LogP contribution in [-0.2, 0) is 16.0 Å². The first-order chi connectivity index (χ1) is 10.5. The van der Waals surface area contributed by atoms with Crippen molar-refractivity contribution in [2.75, 3.05) is 6.54 Å². The SMILES string of the molecule is O=C(O)N1CCC2(CC1Cc1ccccc1)C(=O)CCC2=O. The molecule has 1 saturated heterocycles. The molecule has 1 aromatic carbocycles. The lowest BCUT2D eigenvalue weighted by Gasteiger charge is -2.42. The molecule has 5 nitrogen and oxygen atoms in total. The van der Waals surface area contributed by atoms with Gasteiger partial charge in [0.15, 0.2) is 0 Å². The van der Waals surface area contributed by atoms with Crippen molar-refractivity contribution >= 4 is 17.7 Å². The average molecular weight is 301 g/mol. The zero-order valence-corrected chi connectivity index (χ0v) is 12.3. The molecule has 0 aromatic heterocycles. The van der Waals surface area contributed by atoms with Gasteiger partial charge in [-0.05, 0) is 24.8 Å². The van der Waals surface area contributed by atoms with Crippen molar-refractivity contribution in [3.63, 3.8) is 0 Å². The molecule has 1 aliphatic carbocycles. The molecule has 1 aliphatic heterocycles. The third-order valence-corrected chi connectivity index (χ3v) is 5.01. The molecule has 3 rings (SSSR count). The third-order valence-electron chi connectivity index (χ3n) is 5.01.